The van der Waals surface area contributed by atoms with E-state index in [4.69, 9.17) is 4.98 Å². The summed E-state index contributed by atoms with van der Waals surface area (Å²) in [5.41, 5.74) is 2.52. The van der Waals surface area contributed by atoms with E-state index in [1.54, 1.807) is 0 Å². The van der Waals surface area contributed by atoms with Crippen LogP contribution in [0.5, 0.6) is 0 Å². The van der Waals surface area contributed by atoms with Crippen molar-refractivity contribution in [2.75, 3.05) is 0 Å². The van der Waals surface area contributed by atoms with Crippen molar-refractivity contribution in [3.05, 3.63) is 65.2 Å². The monoisotopic (exact) mass is 322 g/mol. The summed E-state index contributed by atoms with van der Waals surface area (Å²) in [6, 6.07) is 19.9. The van der Waals surface area contributed by atoms with Crippen LogP contribution in [0, 0.1) is 5.92 Å². The van der Waals surface area contributed by atoms with Crippen LogP contribution in [0.25, 0.3) is 10.2 Å². The molecule has 0 saturated heterocycles. The van der Waals surface area contributed by atoms with Crippen LogP contribution in [0.3, 0.4) is 0 Å². The largest absolute Gasteiger partial charge is 0.289 e. The van der Waals surface area contributed by atoms with Crippen LogP contribution in [-0.2, 0) is 13.1 Å². The van der Waals surface area contributed by atoms with Crippen LogP contribution in [0.4, 0.5) is 0 Å². The lowest BCUT2D eigenvalue weighted by atomic mass is 10.1. The molecule has 1 atom stereocenters. The molecular formula is C20H22N2S. The molecule has 118 valence electrons. The normalized spacial score (nSPS) is 16.1. The molecule has 0 spiro atoms. The molecule has 1 heterocycles. The Balaban J connectivity index is 1.56. The summed E-state index contributed by atoms with van der Waals surface area (Å²) in [5, 5.41) is 1.23. The molecule has 0 N–H and O–H groups in total. The van der Waals surface area contributed by atoms with E-state index < -0.39 is 0 Å². The molecule has 0 aliphatic heterocycles. The number of fused-ring (bicyclic) bond motifs is 1. The van der Waals surface area contributed by atoms with E-state index in [0.29, 0.717) is 6.04 Å². The fourth-order valence-corrected chi connectivity index (χ4v) is 4.19. The third-order valence-electron chi connectivity index (χ3n) is 4.79. The molecule has 2 aromatic carbocycles. The van der Waals surface area contributed by atoms with Gasteiger partial charge in [-0.1, -0.05) is 42.5 Å². The maximum absolute atomic E-state index is 4.83. The lowest BCUT2D eigenvalue weighted by molar-refractivity contribution is 0.172. The quantitative estimate of drug-likeness (QED) is 0.628. The minimum Gasteiger partial charge on any atom is -0.289 e. The molecule has 0 radical (unpaired) electrons. The van der Waals surface area contributed by atoms with Crippen LogP contribution in [0.2, 0.25) is 0 Å². The van der Waals surface area contributed by atoms with E-state index in [1.165, 1.54) is 28.1 Å². The smallest absolute Gasteiger partial charge is 0.108 e. The fraction of sp³-hybridized carbons (Fsp3) is 0.350. The van der Waals surface area contributed by atoms with Crippen molar-refractivity contribution in [2.45, 2.75) is 38.9 Å². The predicted molar refractivity (Wildman–Crippen MR) is 97.5 cm³/mol. The average molecular weight is 322 g/mol. The first-order valence-corrected chi connectivity index (χ1v) is 9.23. The van der Waals surface area contributed by atoms with Crippen molar-refractivity contribution in [3.8, 4) is 0 Å². The second-order valence-corrected chi connectivity index (χ2v) is 7.66. The van der Waals surface area contributed by atoms with E-state index >= 15 is 0 Å². The topological polar surface area (TPSA) is 16.1 Å². The van der Waals surface area contributed by atoms with Crippen LogP contribution in [0.1, 0.15) is 30.3 Å². The van der Waals surface area contributed by atoms with Gasteiger partial charge in [0.1, 0.15) is 5.01 Å². The number of hydrogen-bond acceptors (Lipinski definition) is 3. The SMILES string of the molecule is C[C@H](C1CC1)N(Cc1ccccc1)Cc1nc2ccccc2s1. The molecular weight excluding hydrogens is 300 g/mol. The molecule has 1 aliphatic carbocycles. The Morgan fingerprint density at radius 1 is 1.04 bits per heavy atom. The standard InChI is InChI=1S/C20H22N2S/c1-15(17-11-12-17)22(13-16-7-3-2-4-8-16)14-20-21-18-9-5-6-10-19(18)23-20/h2-10,15,17H,11-14H2,1H3/t15-/m1/s1. The number of benzene rings is 2. The minimum absolute atomic E-state index is 0.627. The van der Waals surface area contributed by atoms with Crippen molar-refractivity contribution >= 4 is 21.6 Å². The zero-order chi connectivity index (χ0) is 15.6. The number of aromatic nitrogens is 1. The van der Waals surface area contributed by atoms with Gasteiger partial charge in [0.15, 0.2) is 0 Å². The zero-order valence-electron chi connectivity index (χ0n) is 13.5. The van der Waals surface area contributed by atoms with E-state index in [9.17, 15) is 0 Å². The molecule has 0 unspecified atom stereocenters. The van der Waals surface area contributed by atoms with Gasteiger partial charge in [0.05, 0.1) is 16.8 Å². The van der Waals surface area contributed by atoms with Gasteiger partial charge in [-0.15, -0.1) is 11.3 Å². The lowest BCUT2D eigenvalue weighted by Gasteiger charge is -2.28. The van der Waals surface area contributed by atoms with Crippen molar-refractivity contribution in [1.82, 2.24) is 9.88 Å². The van der Waals surface area contributed by atoms with Gasteiger partial charge in [-0.25, -0.2) is 4.98 Å². The average Bonchev–Trinajstić information content (AvgIpc) is 3.34. The fourth-order valence-electron chi connectivity index (χ4n) is 3.20. The summed E-state index contributed by atoms with van der Waals surface area (Å²) in [5.74, 6) is 0.869. The number of thiazole rings is 1. The molecule has 1 saturated carbocycles. The van der Waals surface area contributed by atoms with Gasteiger partial charge in [0, 0.05) is 12.6 Å². The van der Waals surface area contributed by atoms with E-state index in [0.717, 1.165) is 24.5 Å². The molecule has 4 rings (SSSR count). The number of rotatable bonds is 6. The highest BCUT2D eigenvalue weighted by molar-refractivity contribution is 7.18. The van der Waals surface area contributed by atoms with Gasteiger partial charge in [-0.3, -0.25) is 4.90 Å². The second-order valence-electron chi connectivity index (χ2n) is 6.54. The van der Waals surface area contributed by atoms with Gasteiger partial charge < -0.3 is 0 Å². The highest BCUT2D eigenvalue weighted by Crippen LogP contribution is 2.36. The van der Waals surface area contributed by atoms with Crippen LogP contribution >= 0.6 is 11.3 Å². The Hall–Kier alpha value is -1.71. The maximum atomic E-state index is 4.83. The Labute approximate surface area is 141 Å². The van der Waals surface area contributed by atoms with E-state index in [2.05, 4.69) is 66.4 Å². The third-order valence-corrected chi connectivity index (χ3v) is 5.81. The zero-order valence-corrected chi connectivity index (χ0v) is 14.3. The van der Waals surface area contributed by atoms with Crippen LogP contribution in [-0.4, -0.2) is 15.9 Å². The predicted octanol–water partition coefficient (Wildman–Crippen LogP) is 5.10. The first kappa shape index (κ1) is 14.9. The summed E-state index contributed by atoms with van der Waals surface area (Å²) in [7, 11) is 0. The first-order valence-electron chi connectivity index (χ1n) is 8.42. The number of hydrogen-bond donors (Lipinski definition) is 0. The molecule has 1 aromatic heterocycles. The summed E-state index contributed by atoms with van der Waals surface area (Å²) in [6.07, 6.45) is 2.76. The molecule has 0 bridgehead atoms. The third kappa shape index (κ3) is 3.46. The summed E-state index contributed by atoms with van der Waals surface area (Å²) >= 11 is 1.83. The highest BCUT2D eigenvalue weighted by Gasteiger charge is 2.32. The Morgan fingerprint density at radius 2 is 1.78 bits per heavy atom. The van der Waals surface area contributed by atoms with E-state index in [1.807, 2.05) is 11.3 Å². The van der Waals surface area contributed by atoms with Gasteiger partial charge in [-0.05, 0) is 43.4 Å². The first-order chi connectivity index (χ1) is 11.3. The van der Waals surface area contributed by atoms with Crippen molar-refractivity contribution in [2.24, 2.45) is 5.92 Å². The lowest BCUT2D eigenvalue weighted by Crippen LogP contribution is -2.33. The Bertz CT molecular complexity index is 743. The van der Waals surface area contributed by atoms with Crippen molar-refractivity contribution in [3.63, 3.8) is 0 Å². The maximum Gasteiger partial charge on any atom is 0.108 e. The van der Waals surface area contributed by atoms with Gasteiger partial charge in [0.25, 0.3) is 0 Å². The highest BCUT2D eigenvalue weighted by atomic mass is 32.1. The summed E-state index contributed by atoms with van der Waals surface area (Å²) in [4.78, 5) is 7.44. The minimum atomic E-state index is 0.627. The molecule has 3 aromatic rings. The molecule has 0 amide bonds. The van der Waals surface area contributed by atoms with Crippen LogP contribution in [0.15, 0.2) is 54.6 Å². The van der Waals surface area contributed by atoms with E-state index in [-0.39, 0.29) is 0 Å². The van der Waals surface area contributed by atoms with Crippen molar-refractivity contribution < 1.29 is 0 Å². The molecule has 3 heteroatoms. The number of para-hydroxylation sites is 1. The van der Waals surface area contributed by atoms with Crippen LogP contribution < -0.4 is 0 Å². The Morgan fingerprint density at radius 3 is 2.52 bits per heavy atom. The molecule has 2 nitrogen and oxygen atoms in total. The van der Waals surface area contributed by atoms with Crippen molar-refractivity contribution in [1.29, 1.82) is 0 Å². The van der Waals surface area contributed by atoms with Gasteiger partial charge in [0.2, 0.25) is 0 Å². The van der Waals surface area contributed by atoms with Gasteiger partial charge >= 0.3 is 0 Å². The Kier molecular flexibility index (Phi) is 4.15. The van der Waals surface area contributed by atoms with Gasteiger partial charge in [-0.2, -0.15) is 0 Å². The summed E-state index contributed by atoms with van der Waals surface area (Å²) in [6.45, 7) is 4.34. The molecule has 23 heavy (non-hydrogen) atoms. The second kappa shape index (κ2) is 6.42. The number of nitrogens with zero attached hydrogens (tertiary/aromatic N) is 2. The summed E-state index contributed by atoms with van der Waals surface area (Å²) < 4.78 is 1.29. The molecule has 1 aliphatic rings. The molecule has 1 fully saturated rings.